The summed E-state index contributed by atoms with van der Waals surface area (Å²) in [7, 11) is 0. The van der Waals surface area contributed by atoms with Crippen LogP contribution in [0.5, 0.6) is 0 Å². The maximum Gasteiger partial charge on any atom is 0.308 e. The number of rotatable bonds is 8. The van der Waals surface area contributed by atoms with Gasteiger partial charge in [0.15, 0.2) is 0 Å². The van der Waals surface area contributed by atoms with E-state index in [1.165, 1.54) is 0 Å². The molecule has 0 radical (unpaired) electrons. The van der Waals surface area contributed by atoms with Crippen LogP contribution in [0.1, 0.15) is 59.7 Å². The van der Waals surface area contributed by atoms with Gasteiger partial charge in [0, 0.05) is 17.8 Å². The lowest BCUT2D eigenvalue weighted by molar-refractivity contribution is -0.143. The number of aromatic nitrogens is 4. The highest BCUT2D eigenvalue weighted by molar-refractivity contribution is 5.78. The first-order valence-corrected chi connectivity index (χ1v) is 10.5. The molecule has 0 aliphatic carbocycles. The number of esters is 1. The maximum atomic E-state index is 12.8. The fourth-order valence-electron chi connectivity index (χ4n) is 3.61. The minimum Gasteiger partial charge on any atom is -0.466 e. The topological polar surface area (TPSA) is 98.5 Å². The lowest BCUT2D eigenvalue weighted by atomic mass is 10.0. The third-order valence-electron chi connectivity index (χ3n) is 5.25. The Balaban J connectivity index is 1.72. The van der Waals surface area contributed by atoms with Crippen molar-refractivity contribution in [2.24, 2.45) is 0 Å². The zero-order chi connectivity index (χ0) is 22.5. The quantitative estimate of drug-likeness (QED) is 0.559. The summed E-state index contributed by atoms with van der Waals surface area (Å²) in [6.07, 6.45) is 0.881. The van der Waals surface area contributed by atoms with Crippen LogP contribution in [0.2, 0.25) is 0 Å². The second-order valence-corrected chi connectivity index (χ2v) is 7.67. The van der Waals surface area contributed by atoms with Gasteiger partial charge in [0.1, 0.15) is 5.82 Å². The highest BCUT2D eigenvalue weighted by Crippen LogP contribution is 2.20. The van der Waals surface area contributed by atoms with Gasteiger partial charge in [-0.1, -0.05) is 29.8 Å². The molecule has 8 nitrogen and oxygen atoms in total. The Morgan fingerprint density at radius 1 is 1.10 bits per heavy atom. The molecule has 2 aromatic heterocycles. The SMILES string of the molecule is CCOC(=O)C[C@H](NC(=O)CCc1c(C)nc2nc(C)nn2c1C)c1ccc(C)cc1. The molecule has 31 heavy (non-hydrogen) atoms. The molecule has 3 rings (SSSR count). The molecule has 0 unspecified atom stereocenters. The highest BCUT2D eigenvalue weighted by Gasteiger charge is 2.20. The molecule has 0 aliphatic rings. The number of benzene rings is 1. The molecule has 1 amide bonds. The molecule has 3 aromatic rings. The zero-order valence-electron chi connectivity index (χ0n) is 18.7. The van der Waals surface area contributed by atoms with Crippen LogP contribution < -0.4 is 5.32 Å². The number of carbonyl (C=O) groups is 2. The Morgan fingerprint density at radius 2 is 1.81 bits per heavy atom. The van der Waals surface area contributed by atoms with Gasteiger partial charge in [-0.25, -0.2) is 9.50 Å². The van der Waals surface area contributed by atoms with Crippen molar-refractivity contribution in [3.8, 4) is 0 Å². The first-order chi connectivity index (χ1) is 14.8. The van der Waals surface area contributed by atoms with Crippen molar-refractivity contribution in [3.05, 3.63) is 58.2 Å². The number of nitrogens with zero attached hydrogens (tertiary/aromatic N) is 4. The van der Waals surface area contributed by atoms with Crippen LogP contribution >= 0.6 is 0 Å². The number of carbonyl (C=O) groups excluding carboxylic acids is 2. The van der Waals surface area contributed by atoms with Crippen LogP contribution in [0.15, 0.2) is 24.3 Å². The number of hydrogen-bond acceptors (Lipinski definition) is 6. The molecule has 164 valence electrons. The van der Waals surface area contributed by atoms with Gasteiger partial charge in [-0.2, -0.15) is 10.1 Å². The van der Waals surface area contributed by atoms with Gasteiger partial charge >= 0.3 is 5.97 Å². The Labute approximate surface area is 182 Å². The summed E-state index contributed by atoms with van der Waals surface area (Å²) in [5, 5.41) is 7.38. The molecule has 8 heteroatoms. The molecule has 1 atom stereocenters. The molecule has 0 saturated heterocycles. The molecular weight excluding hydrogens is 394 g/mol. The van der Waals surface area contributed by atoms with E-state index in [1.54, 1.807) is 11.4 Å². The van der Waals surface area contributed by atoms with Crippen molar-refractivity contribution in [1.29, 1.82) is 0 Å². The van der Waals surface area contributed by atoms with Crippen molar-refractivity contribution in [2.45, 2.75) is 59.9 Å². The standard InChI is InChI=1S/C23H29N5O3/c1-6-31-22(30)13-20(18-9-7-14(2)8-10-18)26-21(29)12-11-19-15(3)24-23-25-17(5)27-28(23)16(19)4/h7-10,20H,6,11-13H2,1-5H3,(H,26,29)/t20-/m0/s1. The van der Waals surface area contributed by atoms with Gasteiger partial charge in [0.05, 0.1) is 19.1 Å². The first-order valence-electron chi connectivity index (χ1n) is 10.5. The van der Waals surface area contributed by atoms with Gasteiger partial charge in [-0.15, -0.1) is 0 Å². The molecular formula is C23H29N5O3. The second-order valence-electron chi connectivity index (χ2n) is 7.67. The van der Waals surface area contributed by atoms with E-state index in [0.29, 0.717) is 24.6 Å². The van der Waals surface area contributed by atoms with E-state index in [4.69, 9.17) is 4.74 Å². The second kappa shape index (κ2) is 9.68. The van der Waals surface area contributed by atoms with Crippen LogP contribution in [0.4, 0.5) is 0 Å². The average Bonchev–Trinajstić information content (AvgIpc) is 3.08. The predicted molar refractivity (Wildman–Crippen MR) is 117 cm³/mol. The van der Waals surface area contributed by atoms with Crippen LogP contribution in [-0.2, 0) is 20.7 Å². The number of hydrogen-bond donors (Lipinski definition) is 1. The number of nitrogens with one attached hydrogen (secondary N) is 1. The van der Waals surface area contributed by atoms with E-state index >= 15 is 0 Å². The van der Waals surface area contributed by atoms with Crippen molar-refractivity contribution < 1.29 is 14.3 Å². The van der Waals surface area contributed by atoms with E-state index in [9.17, 15) is 9.59 Å². The minimum absolute atomic E-state index is 0.0897. The summed E-state index contributed by atoms with van der Waals surface area (Å²) in [4.78, 5) is 33.7. The van der Waals surface area contributed by atoms with Gasteiger partial charge < -0.3 is 10.1 Å². The van der Waals surface area contributed by atoms with Crippen LogP contribution in [0.25, 0.3) is 5.78 Å². The highest BCUT2D eigenvalue weighted by atomic mass is 16.5. The summed E-state index contributed by atoms with van der Waals surface area (Å²) in [5.74, 6) is 0.749. The Hall–Kier alpha value is -3.29. The summed E-state index contributed by atoms with van der Waals surface area (Å²) < 4.78 is 6.80. The lowest BCUT2D eigenvalue weighted by Gasteiger charge is -2.19. The van der Waals surface area contributed by atoms with Crippen LogP contribution in [-0.4, -0.2) is 38.1 Å². The molecule has 2 heterocycles. The number of ether oxygens (including phenoxy) is 1. The summed E-state index contributed by atoms with van der Waals surface area (Å²) in [6, 6.07) is 7.35. The number of aryl methyl sites for hydroxylation is 4. The molecule has 0 spiro atoms. The molecule has 1 aromatic carbocycles. The van der Waals surface area contributed by atoms with Gasteiger partial charge in [0.2, 0.25) is 5.91 Å². The van der Waals surface area contributed by atoms with Crippen molar-refractivity contribution in [1.82, 2.24) is 24.9 Å². The predicted octanol–water partition coefficient (Wildman–Crippen LogP) is 3.10. The van der Waals surface area contributed by atoms with Gasteiger partial charge in [-0.05, 0) is 52.2 Å². The zero-order valence-corrected chi connectivity index (χ0v) is 18.7. The molecule has 1 N–H and O–H groups in total. The lowest BCUT2D eigenvalue weighted by Crippen LogP contribution is -2.31. The number of fused-ring (bicyclic) bond motifs is 1. The summed E-state index contributed by atoms with van der Waals surface area (Å²) in [6.45, 7) is 9.77. The Bertz CT molecular complexity index is 1090. The molecule has 0 aliphatic heterocycles. The van der Waals surface area contributed by atoms with Gasteiger partial charge in [0.25, 0.3) is 5.78 Å². The van der Waals surface area contributed by atoms with E-state index in [1.807, 2.05) is 52.0 Å². The fraction of sp³-hybridized carbons (Fsp3) is 0.435. The van der Waals surface area contributed by atoms with Crippen molar-refractivity contribution in [2.75, 3.05) is 6.61 Å². The van der Waals surface area contributed by atoms with E-state index in [2.05, 4.69) is 20.4 Å². The smallest absolute Gasteiger partial charge is 0.308 e. The van der Waals surface area contributed by atoms with E-state index < -0.39 is 6.04 Å². The number of amides is 1. The monoisotopic (exact) mass is 423 g/mol. The van der Waals surface area contributed by atoms with Crippen molar-refractivity contribution >= 4 is 17.7 Å². The largest absolute Gasteiger partial charge is 0.466 e. The van der Waals surface area contributed by atoms with Gasteiger partial charge in [-0.3, -0.25) is 9.59 Å². The molecule has 0 saturated carbocycles. The summed E-state index contributed by atoms with van der Waals surface area (Å²) in [5.41, 5.74) is 4.73. The maximum absolute atomic E-state index is 12.8. The van der Waals surface area contributed by atoms with E-state index in [0.717, 1.165) is 28.1 Å². The first kappa shape index (κ1) is 22.4. The minimum atomic E-state index is -0.437. The summed E-state index contributed by atoms with van der Waals surface area (Å²) >= 11 is 0. The van der Waals surface area contributed by atoms with Crippen LogP contribution in [0, 0.1) is 27.7 Å². The Morgan fingerprint density at radius 3 is 2.48 bits per heavy atom. The molecule has 0 bridgehead atoms. The van der Waals surface area contributed by atoms with Crippen LogP contribution in [0.3, 0.4) is 0 Å². The van der Waals surface area contributed by atoms with Crippen molar-refractivity contribution in [3.63, 3.8) is 0 Å². The fourth-order valence-corrected chi connectivity index (χ4v) is 3.61. The Kier molecular flexibility index (Phi) is 6.99. The third-order valence-corrected chi connectivity index (χ3v) is 5.25. The van der Waals surface area contributed by atoms with E-state index in [-0.39, 0.29) is 24.7 Å². The average molecular weight is 424 g/mol. The normalized spacial score (nSPS) is 12.0. The molecule has 0 fully saturated rings. The third kappa shape index (κ3) is 5.45.